The molecule has 0 spiro atoms. The maximum Gasteiger partial charge on any atom is 0.0346 e. The molecule has 1 aliphatic rings. The molecule has 2 heteroatoms. The molecule has 1 aromatic carbocycles. The van der Waals surface area contributed by atoms with Crippen molar-refractivity contribution in [3.05, 3.63) is 53.9 Å². The van der Waals surface area contributed by atoms with Crippen molar-refractivity contribution >= 4 is 0 Å². The zero-order valence-electron chi connectivity index (χ0n) is 10.7. The maximum absolute atomic E-state index is 4.19. The fourth-order valence-corrected chi connectivity index (χ4v) is 2.79. The summed E-state index contributed by atoms with van der Waals surface area (Å²) < 4.78 is 0. The number of pyridine rings is 1. The van der Waals surface area contributed by atoms with Crippen molar-refractivity contribution in [1.29, 1.82) is 0 Å². The Balaban J connectivity index is 1.94. The first-order chi connectivity index (χ1) is 8.88. The first-order valence-electron chi connectivity index (χ1n) is 6.65. The van der Waals surface area contributed by atoms with Gasteiger partial charge in [0.2, 0.25) is 0 Å². The van der Waals surface area contributed by atoms with Crippen LogP contribution in [0.25, 0.3) is 11.1 Å². The highest BCUT2D eigenvalue weighted by Gasteiger charge is 2.21. The van der Waals surface area contributed by atoms with Crippen LogP contribution in [-0.4, -0.2) is 11.5 Å². The fraction of sp³-hybridized carbons (Fsp3) is 0.312. The van der Waals surface area contributed by atoms with E-state index in [1.807, 2.05) is 18.5 Å². The van der Waals surface area contributed by atoms with Crippen molar-refractivity contribution in [1.82, 2.24) is 10.3 Å². The Kier molecular flexibility index (Phi) is 3.11. The van der Waals surface area contributed by atoms with Crippen molar-refractivity contribution in [3.8, 4) is 11.1 Å². The normalized spacial score (nSPS) is 17.7. The average molecular weight is 238 g/mol. The molecular formula is C16H18N2. The second kappa shape index (κ2) is 4.91. The Bertz CT molecular complexity index is 534. The highest BCUT2D eigenvalue weighted by atomic mass is 14.9. The van der Waals surface area contributed by atoms with E-state index in [1.54, 1.807) is 0 Å². The lowest BCUT2D eigenvalue weighted by Gasteiger charge is -2.12. The molecule has 92 valence electrons. The van der Waals surface area contributed by atoms with Gasteiger partial charge in [-0.3, -0.25) is 4.98 Å². The van der Waals surface area contributed by atoms with Crippen LogP contribution in [0.5, 0.6) is 0 Å². The second-order valence-electron chi connectivity index (χ2n) is 4.80. The summed E-state index contributed by atoms with van der Waals surface area (Å²) in [5, 5.41) is 3.55. The number of hydrogen-bond acceptors (Lipinski definition) is 2. The van der Waals surface area contributed by atoms with Crippen molar-refractivity contribution in [2.24, 2.45) is 0 Å². The third kappa shape index (κ3) is 2.04. The van der Waals surface area contributed by atoms with E-state index in [4.69, 9.17) is 0 Å². The van der Waals surface area contributed by atoms with Crippen LogP contribution in [0, 0.1) is 0 Å². The molecule has 0 saturated heterocycles. The van der Waals surface area contributed by atoms with Gasteiger partial charge in [0.05, 0.1) is 0 Å². The summed E-state index contributed by atoms with van der Waals surface area (Å²) in [6.07, 6.45) is 6.15. The predicted molar refractivity (Wildman–Crippen MR) is 74.4 cm³/mol. The number of aryl methyl sites for hydroxylation is 1. The SMILES string of the molecule is CCNC1CCc2cc(-c3cccnc3)ccc21. The minimum atomic E-state index is 0.549. The second-order valence-corrected chi connectivity index (χ2v) is 4.80. The van der Waals surface area contributed by atoms with E-state index in [-0.39, 0.29) is 0 Å². The van der Waals surface area contributed by atoms with E-state index < -0.39 is 0 Å². The summed E-state index contributed by atoms with van der Waals surface area (Å²) in [5.74, 6) is 0. The minimum absolute atomic E-state index is 0.549. The average Bonchev–Trinajstić information content (AvgIpc) is 2.83. The molecule has 1 unspecified atom stereocenters. The standard InChI is InChI=1S/C16H18N2/c1-2-18-16-8-6-13-10-12(5-7-15(13)16)14-4-3-9-17-11-14/h3-5,7,9-11,16,18H,2,6,8H2,1H3. The Hall–Kier alpha value is -1.67. The summed E-state index contributed by atoms with van der Waals surface area (Å²) >= 11 is 0. The molecule has 1 aliphatic carbocycles. The smallest absolute Gasteiger partial charge is 0.0346 e. The number of fused-ring (bicyclic) bond motifs is 1. The summed E-state index contributed by atoms with van der Waals surface area (Å²) in [6.45, 7) is 3.20. The molecule has 1 atom stereocenters. The molecule has 0 radical (unpaired) electrons. The van der Waals surface area contributed by atoms with E-state index >= 15 is 0 Å². The summed E-state index contributed by atoms with van der Waals surface area (Å²) in [7, 11) is 0. The molecule has 2 nitrogen and oxygen atoms in total. The van der Waals surface area contributed by atoms with Crippen LogP contribution in [0.4, 0.5) is 0 Å². The largest absolute Gasteiger partial charge is 0.310 e. The summed E-state index contributed by atoms with van der Waals surface area (Å²) in [4.78, 5) is 4.19. The molecule has 0 amide bonds. The third-order valence-electron chi connectivity index (χ3n) is 3.67. The molecule has 0 bridgehead atoms. The molecule has 3 rings (SSSR count). The Morgan fingerprint density at radius 3 is 3.00 bits per heavy atom. The number of aromatic nitrogens is 1. The first kappa shape index (κ1) is 11.4. The van der Waals surface area contributed by atoms with E-state index in [2.05, 4.69) is 41.5 Å². The van der Waals surface area contributed by atoms with Crippen LogP contribution in [0.1, 0.15) is 30.5 Å². The van der Waals surface area contributed by atoms with Gasteiger partial charge in [0, 0.05) is 18.4 Å². The number of hydrogen-bond donors (Lipinski definition) is 1. The Morgan fingerprint density at radius 1 is 1.28 bits per heavy atom. The van der Waals surface area contributed by atoms with Gasteiger partial charge in [-0.25, -0.2) is 0 Å². The minimum Gasteiger partial charge on any atom is -0.310 e. The maximum atomic E-state index is 4.19. The molecule has 0 fully saturated rings. The molecule has 1 N–H and O–H groups in total. The quantitative estimate of drug-likeness (QED) is 0.887. The zero-order valence-corrected chi connectivity index (χ0v) is 10.7. The van der Waals surface area contributed by atoms with Crippen molar-refractivity contribution in [2.75, 3.05) is 6.54 Å². The van der Waals surface area contributed by atoms with Crippen molar-refractivity contribution in [3.63, 3.8) is 0 Å². The van der Waals surface area contributed by atoms with E-state index in [0.29, 0.717) is 6.04 Å². The third-order valence-corrected chi connectivity index (χ3v) is 3.67. The number of nitrogens with one attached hydrogen (secondary N) is 1. The van der Waals surface area contributed by atoms with Gasteiger partial charge in [0.15, 0.2) is 0 Å². The van der Waals surface area contributed by atoms with Crippen molar-refractivity contribution < 1.29 is 0 Å². The molecular weight excluding hydrogens is 220 g/mol. The van der Waals surface area contributed by atoms with E-state index in [1.165, 1.54) is 35.1 Å². The number of rotatable bonds is 3. The van der Waals surface area contributed by atoms with Gasteiger partial charge >= 0.3 is 0 Å². The van der Waals surface area contributed by atoms with Crippen LogP contribution >= 0.6 is 0 Å². The van der Waals surface area contributed by atoms with Gasteiger partial charge in [-0.15, -0.1) is 0 Å². The number of nitrogens with zero attached hydrogens (tertiary/aromatic N) is 1. The van der Waals surface area contributed by atoms with Crippen LogP contribution in [0.3, 0.4) is 0 Å². The molecule has 0 aliphatic heterocycles. The highest BCUT2D eigenvalue weighted by Crippen LogP contribution is 2.33. The summed E-state index contributed by atoms with van der Waals surface area (Å²) in [5.41, 5.74) is 5.44. The van der Waals surface area contributed by atoms with Crippen LogP contribution in [0.2, 0.25) is 0 Å². The fourth-order valence-electron chi connectivity index (χ4n) is 2.79. The first-order valence-corrected chi connectivity index (χ1v) is 6.65. The molecule has 2 aromatic rings. The van der Waals surface area contributed by atoms with Crippen LogP contribution in [0.15, 0.2) is 42.7 Å². The highest BCUT2D eigenvalue weighted by molar-refractivity contribution is 5.64. The van der Waals surface area contributed by atoms with Crippen molar-refractivity contribution in [2.45, 2.75) is 25.8 Å². The van der Waals surface area contributed by atoms with Gasteiger partial charge in [-0.05, 0) is 47.7 Å². The molecule has 0 saturated carbocycles. The van der Waals surface area contributed by atoms with Gasteiger partial charge in [0.25, 0.3) is 0 Å². The van der Waals surface area contributed by atoms with Gasteiger partial charge in [-0.2, -0.15) is 0 Å². The van der Waals surface area contributed by atoms with Crippen LogP contribution < -0.4 is 5.32 Å². The predicted octanol–water partition coefficient (Wildman–Crippen LogP) is 3.35. The van der Waals surface area contributed by atoms with Gasteiger partial charge < -0.3 is 5.32 Å². The Labute approximate surface area is 108 Å². The molecule has 18 heavy (non-hydrogen) atoms. The lowest BCUT2D eigenvalue weighted by Crippen LogP contribution is -2.18. The zero-order chi connectivity index (χ0) is 12.4. The summed E-state index contributed by atoms with van der Waals surface area (Å²) in [6, 6.07) is 11.5. The molecule has 1 aromatic heterocycles. The monoisotopic (exact) mass is 238 g/mol. The lowest BCUT2D eigenvalue weighted by atomic mass is 10.0. The number of benzene rings is 1. The topological polar surface area (TPSA) is 24.9 Å². The van der Waals surface area contributed by atoms with Gasteiger partial charge in [-0.1, -0.05) is 31.2 Å². The van der Waals surface area contributed by atoms with E-state index in [9.17, 15) is 0 Å². The molecule has 1 heterocycles. The van der Waals surface area contributed by atoms with E-state index in [0.717, 1.165) is 6.54 Å². The van der Waals surface area contributed by atoms with Crippen LogP contribution in [-0.2, 0) is 6.42 Å². The lowest BCUT2D eigenvalue weighted by molar-refractivity contribution is 0.549. The Morgan fingerprint density at radius 2 is 2.22 bits per heavy atom. The van der Waals surface area contributed by atoms with Gasteiger partial charge in [0.1, 0.15) is 0 Å².